The summed E-state index contributed by atoms with van der Waals surface area (Å²) in [7, 11) is 0. The highest BCUT2D eigenvalue weighted by atomic mass is 32.2. The molecule has 1 aromatic rings. The van der Waals surface area contributed by atoms with Gasteiger partial charge in [0.2, 0.25) is 0 Å². The number of Topliss-reactive ketones (excluding diaryl/α,β-unsaturated/α-hetero) is 1. The van der Waals surface area contributed by atoms with E-state index in [-0.39, 0.29) is 11.7 Å². The summed E-state index contributed by atoms with van der Waals surface area (Å²) < 4.78 is 0. The minimum absolute atomic E-state index is 0.173. The van der Waals surface area contributed by atoms with Gasteiger partial charge in [0.25, 0.3) is 0 Å². The van der Waals surface area contributed by atoms with Gasteiger partial charge in [-0.2, -0.15) is 17.0 Å². The lowest BCUT2D eigenvalue weighted by Crippen LogP contribution is -2.25. The van der Waals surface area contributed by atoms with E-state index in [1.165, 1.54) is 12.8 Å². The molecule has 0 saturated carbocycles. The monoisotopic (exact) mass is 271 g/mol. The molecule has 0 N–H and O–H groups in total. The van der Waals surface area contributed by atoms with Gasteiger partial charge in [0, 0.05) is 22.0 Å². The fourth-order valence-electron chi connectivity index (χ4n) is 3.25. The Kier molecular flexibility index (Phi) is 3.36. The summed E-state index contributed by atoms with van der Waals surface area (Å²) in [5, 5.41) is 10.3. The topological polar surface area (TPSA) is 40.9 Å². The van der Waals surface area contributed by atoms with Gasteiger partial charge in [-0.1, -0.05) is 6.07 Å². The first-order chi connectivity index (χ1) is 9.17. The van der Waals surface area contributed by atoms with Crippen LogP contribution >= 0.6 is 11.8 Å². The molecule has 2 unspecified atom stereocenters. The molecule has 98 valence electrons. The fourth-order valence-corrected chi connectivity index (χ4v) is 5.02. The van der Waals surface area contributed by atoms with Crippen LogP contribution in [0.2, 0.25) is 0 Å². The smallest absolute Gasteiger partial charge is 0.166 e. The quantitative estimate of drug-likeness (QED) is 0.770. The van der Waals surface area contributed by atoms with Crippen LogP contribution in [0.1, 0.15) is 47.2 Å². The zero-order valence-corrected chi connectivity index (χ0v) is 11.9. The average Bonchev–Trinajstić information content (AvgIpc) is 2.77. The molecule has 19 heavy (non-hydrogen) atoms. The van der Waals surface area contributed by atoms with Crippen molar-refractivity contribution < 1.29 is 4.79 Å². The molecule has 0 radical (unpaired) electrons. The molecule has 2 aliphatic heterocycles. The second-order valence-electron chi connectivity index (χ2n) is 5.63. The van der Waals surface area contributed by atoms with Gasteiger partial charge in [-0.25, -0.2) is 0 Å². The molecule has 0 aliphatic carbocycles. The van der Waals surface area contributed by atoms with Crippen LogP contribution in [-0.4, -0.2) is 16.3 Å². The Balaban J connectivity index is 1.86. The Bertz CT molecular complexity index is 548. The minimum Gasteiger partial charge on any atom is -0.294 e. The van der Waals surface area contributed by atoms with Crippen molar-refractivity contribution in [1.82, 2.24) is 0 Å². The molecule has 2 fully saturated rings. The first-order valence-corrected chi connectivity index (χ1v) is 7.82. The maximum absolute atomic E-state index is 12.7. The first kappa shape index (κ1) is 12.7. The third-order valence-corrected chi connectivity index (χ3v) is 5.92. The van der Waals surface area contributed by atoms with Crippen molar-refractivity contribution in [2.45, 2.75) is 43.1 Å². The Morgan fingerprint density at radius 2 is 2.00 bits per heavy atom. The second-order valence-corrected chi connectivity index (χ2v) is 7.24. The Labute approximate surface area is 118 Å². The molecular formula is C16H17NOS. The summed E-state index contributed by atoms with van der Waals surface area (Å²) in [4.78, 5) is 12.7. The fraction of sp³-hybridized carbons (Fsp3) is 0.500. The number of nitrogens with zero attached hydrogens (tertiary/aromatic N) is 1. The zero-order chi connectivity index (χ0) is 13.4. The highest BCUT2D eigenvalue weighted by Gasteiger charge is 2.38. The van der Waals surface area contributed by atoms with E-state index < -0.39 is 0 Å². The highest BCUT2D eigenvalue weighted by Crippen LogP contribution is 2.46. The van der Waals surface area contributed by atoms with Crippen molar-refractivity contribution in [2.75, 3.05) is 0 Å². The van der Waals surface area contributed by atoms with E-state index in [4.69, 9.17) is 5.26 Å². The molecule has 3 rings (SSSR count). The third kappa shape index (κ3) is 2.42. The molecule has 0 aromatic heterocycles. The minimum atomic E-state index is 0.173. The summed E-state index contributed by atoms with van der Waals surface area (Å²) in [5.41, 5.74) is 2.34. The number of thioether (sulfide) groups is 1. The van der Waals surface area contributed by atoms with Crippen molar-refractivity contribution in [3.05, 3.63) is 34.9 Å². The largest absolute Gasteiger partial charge is 0.294 e. The van der Waals surface area contributed by atoms with Gasteiger partial charge in [0.05, 0.1) is 11.6 Å². The summed E-state index contributed by atoms with van der Waals surface area (Å²) in [5.74, 6) is 0.429. The lowest BCUT2D eigenvalue weighted by atomic mass is 9.88. The normalized spacial score (nSPS) is 28.9. The number of ketones is 1. The molecule has 2 saturated heterocycles. The zero-order valence-electron chi connectivity index (χ0n) is 11.1. The first-order valence-electron chi connectivity index (χ1n) is 6.88. The van der Waals surface area contributed by atoms with Gasteiger partial charge in [-0.3, -0.25) is 4.79 Å². The molecule has 2 heterocycles. The number of hydrogen-bond donors (Lipinski definition) is 0. The summed E-state index contributed by atoms with van der Waals surface area (Å²) >= 11 is 2.08. The van der Waals surface area contributed by atoms with Crippen molar-refractivity contribution in [2.24, 2.45) is 5.92 Å². The number of hydrogen-bond acceptors (Lipinski definition) is 3. The van der Waals surface area contributed by atoms with E-state index in [1.54, 1.807) is 12.1 Å². The van der Waals surface area contributed by atoms with Crippen LogP contribution in [0.5, 0.6) is 0 Å². The lowest BCUT2D eigenvalue weighted by Gasteiger charge is -2.26. The number of aryl methyl sites for hydroxylation is 1. The van der Waals surface area contributed by atoms with Gasteiger partial charge < -0.3 is 0 Å². The Hall–Kier alpha value is -1.27. The standard InChI is InChI=1S/C16H17NOS/c1-10-2-3-11(9-17)6-15(10)16(18)12-7-13-4-5-14(8-12)19-13/h2-3,6,12-14H,4-5,7-8H2,1H3. The van der Waals surface area contributed by atoms with Crippen LogP contribution in [0.4, 0.5) is 0 Å². The summed E-state index contributed by atoms with van der Waals surface area (Å²) in [6.45, 7) is 1.96. The molecule has 2 nitrogen and oxygen atoms in total. The van der Waals surface area contributed by atoms with E-state index in [2.05, 4.69) is 17.8 Å². The number of fused-ring (bicyclic) bond motifs is 2. The van der Waals surface area contributed by atoms with E-state index in [0.29, 0.717) is 16.1 Å². The van der Waals surface area contributed by atoms with Crippen molar-refractivity contribution in [1.29, 1.82) is 5.26 Å². The predicted octanol–water partition coefficient (Wildman–Crippen LogP) is 3.72. The van der Waals surface area contributed by atoms with Crippen molar-refractivity contribution >= 4 is 17.5 Å². The maximum atomic E-state index is 12.7. The molecular weight excluding hydrogens is 254 g/mol. The van der Waals surface area contributed by atoms with E-state index in [0.717, 1.165) is 24.0 Å². The van der Waals surface area contributed by atoms with Crippen LogP contribution < -0.4 is 0 Å². The van der Waals surface area contributed by atoms with E-state index >= 15 is 0 Å². The SMILES string of the molecule is Cc1ccc(C#N)cc1C(=O)C1CC2CCC(C1)S2. The van der Waals surface area contributed by atoms with E-state index in [9.17, 15) is 4.79 Å². The Morgan fingerprint density at radius 1 is 1.32 bits per heavy atom. The molecule has 2 aliphatic rings. The van der Waals surface area contributed by atoms with E-state index in [1.807, 2.05) is 13.0 Å². The van der Waals surface area contributed by atoms with Gasteiger partial charge in [0.1, 0.15) is 0 Å². The highest BCUT2D eigenvalue weighted by molar-refractivity contribution is 8.00. The average molecular weight is 271 g/mol. The molecule has 2 atom stereocenters. The third-order valence-electron chi connectivity index (χ3n) is 4.29. The second kappa shape index (κ2) is 5.02. The number of rotatable bonds is 2. The van der Waals surface area contributed by atoms with Crippen molar-refractivity contribution in [3.8, 4) is 6.07 Å². The van der Waals surface area contributed by atoms with Crippen LogP contribution in [-0.2, 0) is 0 Å². The van der Waals surface area contributed by atoms with Crippen LogP contribution in [0.15, 0.2) is 18.2 Å². The van der Waals surface area contributed by atoms with Gasteiger partial charge >= 0.3 is 0 Å². The van der Waals surface area contributed by atoms with Gasteiger partial charge in [-0.15, -0.1) is 0 Å². The number of carbonyl (C=O) groups excluding carboxylic acids is 1. The van der Waals surface area contributed by atoms with Crippen LogP contribution in [0.3, 0.4) is 0 Å². The van der Waals surface area contributed by atoms with Crippen molar-refractivity contribution in [3.63, 3.8) is 0 Å². The molecule has 3 heteroatoms. The molecule has 0 spiro atoms. The molecule has 0 amide bonds. The summed E-state index contributed by atoms with van der Waals surface area (Å²) in [6, 6.07) is 7.56. The predicted molar refractivity (Wildman–Crippen MR) is 77.3 cm³/mol. The number of carbonyl (C=O) groups is 1. The van der Waals surface area contributed by atoms with Gasteiger partial charge in [0.15, 0.2) is 5.78 Å². The van der Waals surface area contributed by atoms with Gasteiger partial charge in [-0.05, 0) is 50.3 Å². The number of nitriles is 1. The lowest BCUT2D eigenvalue weighted by molar-refractivity contribution is 0.0906. The van der Waals surface area contributed by atoms with Crippen LogP contribution in [0.25, 0.3) is 0 Å². The summed E-state index contributed by atoms with van der Waals surface area (Å²) in [6.07, 6.45) is 4.60. The number of benzene rings is 1. The Morgan fingerprint density at radius 3 is 2.63 bits per heavy atom. The molecule has 2 bridgehead atoms. The maximum Gasteiger partial charge on any atom is 0.166 e. The molecule has 1 aromatic carbocycles. The van der Waals surface area contributed by atoms with Crippen LogP contribution in [0, 0.1) is 24.2 Å².